The summed E-state index contributed by atoms with van der Waals surface area (Å²) in [6, 6.07) is 13.9. The average Bonchev–Trinajstić information content (AvgIpc) is 2.53. The zero-order valence-corrected chi connectivity index (χ0v) is 11.8. The topological polar surface area (TPSA) is 60.8 Å². The van der Waals surface area contributed by atoms with Crippen LogP contribution in [0.2, 0.25) is 0 Å². The first-order chi connectivity index (χ1) is 10.2. The summed E-state index contributed by atoms with van der Waals surface area (Å²) >= 11 is 0. The number of benzene rings is 2. The minimum Gasteiger partial charge on any atom is -0.465 e. The van der Waals surface area contributed by atoms with Crippen molar-refractivity contribution in [2.45, 2.75) is 18.9 Å². The van der Waals surface area contributed by atoms with Crippen LogP contribution >= 0.6 is 0 Å². The highest BCUT2D eigenvalue weighted by Gasteiger charge is 2.29. The Kier molecular flexibility index (Phi) is 3.80. The summed E-state index contributed by atoms with van der Waals surface area (Å²) in [7, 11) is 0. The van der Waals surface area contributed by atoms with Crippen LogP contribution in [0, 0.1) is 5.92 Å². The highest BCUT2D eigenvalue weighted by molar-refractivity contribution is 5.86. The third-order valence-electron chi connectivity index (χ3n) is 4.32. The van der Waals surface area contributed by atoms with Crippen molar-refractivity contribution in [2.24, 2.45) is 5.92 Å². The van der Waals surface area contributed by atoms with Crippen LogP contribution in [-0.2, 0) is 0 Å². The third-order valence-corrected chi connectivity index (χ3v) is 4.32. The van der Waals surface area contributed by atoms with Crippen molar-refractivity contribution in [1.29, 1.82) is 0 Å². The van der Waals surface area contributed by atoms with Gasteiger partial charge in [0, 0.05) is 19.0 Å². The summed E-state index contributed by atoms with van der Waals surface area (Å²) in [5.41, 5.74) is 0.894. The number of amides is 1. The summed E-state index contributed by atoms with van der Waals surface area (Å²) in [5.74, 6) is -0.0411. The van der Waals surface area contributed by atoms with Crippen LogP contribution in [0.5, 0.6) is 0 Å². The largest absolute Gasteiger partial charge is 0.465 e. The maximum Gasteiger partial charge on any atom is 0.407 e. The third kappa shape index (κ3) is 2.72. The maximum absolute atomic E-state index is 11.1. The van der Waals surface area contributed by atoms with Crippen LogP contribution in [-0.4, -0.2) is 34.3 Å². The molecule has 0 radical (unpaired) electrons. The number of rotatable bonds is 2. The smallest absolute Gasteiger partial charge is 0.407 e. The van der Waals surface area contributed by atoms with Gasteiger partial charge in [0.2, 0.25) is 0 Å². The molecule has 21 heavy (non-hydrogen) atoms. The minimum absolute atomic E-state index is 0.0411. The molecule has 4 heteroatoms. The maximum atomic E-state index is 11.1. The van der Waals surface area contributed by atoms with E-state index in [1.54, 1.807) is 0 Å². The van der Waals surface area contributed by atoms with Crippen LogP contribution < -0.4 is 0 Å². The van der Waals surface area contributed by atoms with Crippen molar-refractivity contribution in [3.63, 3.8) is 0 Å². The van der Waals surface area contributed by atoms with Crippen LogP contribution in [0.4, 0.5) is 4.79 Å². The highest BCUT2D eigenvalue weighted by atomic mass is 16.4. The second kappa shape index (κ2) is 5.74. The predicted molar refractivity (Wildman–Crippen MR) is 81.2 cm³/mol. The van der Waals surface area contributed by atoms with E-state index in [4.69, 9.17) is 5.11 Å². The zero-order chi connectivity index (χ0) is 14.8. The Morgan fingerprint density at radius 1 is 1.19 bits per heavy atom. The predicted octanol–water partition coefficient (Wildman–Crippen LogP) is 3.26. The number of piperidine rings is 1. The van der Waals surface area contributed by atoms with Gasteiger partial charge in [-0.2, -0.15) is 0 Å². The van der Waals surface area contributed by atoms with Crippen molar-refractivity contribution in [3.05, 3.63) is 48.0 Å². The molecule has 2 N–H and O–H groups in total. The molecule has 1 aliphatic heterocycles. The van der Waals surface area contributed by atoms with Gasteiger partial charge in [-0.05, 0) is 29.2 Å². The van der Waals surface area contributed by atoms with Crippen molar-refractivity contribution in [2.75, 3.05) is 13.1 Å². The molecule has 0 aliphatic carbocycles. The molecule has 1 heterocycles. The van der Waals surface area contributed by atoms with Gasteiger partial charge in [0.25, 0.3) is 0 Å². The van der Waals surface area contributed by atoms with E-state index in [2.05, 4.69) is 0 Å². The van der Waals surface area contributed by atoms with E-state index in [-0.39, 0.29) is 5.92 Å². The molecule has 2 aromatic carbocycles. The van der Waals surface area contributed by atoms with Gasteiger partial charge in [-0.15, -0.1) is 0 Å². The lowest BCUT2D eigenvalue weighted by molar-refractivity contribution is 0.0511. The Bertz CT molecular complexity index is 650. The van der Waals surface area contributed by atoms with Gasteiger partial charge < -0.3 is 15.1 Å². The molecule has 110 valence electrons. The van der Waals surface area contributed by atoms with Crippen LogP contribution in [0.15, 0.2) is 42.5 Å². The first-order valence-corrected chi connectivity index (χ1v) is 7.30. The molecule has 1 aliphatic rings. The Morgan fingerprint density at radius 3 is 2.76 bits per heavy atom. The Labute approximate surface area is 123 Å². The molecular weight excluding hydrogens is 266 g/mol. The number of nitrogens with zero attached hydrogens (tertiary/aromatic N) is 1. The van der Waals surface area contributed by atoms with Gasteiger partial charge in [-0.3, -0.25) is 0 Å². The summed E-state index contributed by atoms with van der Waals surface area (Å²) in [6.07, 6.45) is 0.135. The monoisotopic (exact) mass is 285 g/mol. The van der Waals surface area contributed by atoms with Crippen molar-refractivity contribution in [1.82, 2.24) is 4.90 Å². The first kappa shape index (κ1) is 13.9. The second-order valence-electron chi connectivity index (χ2n) is 5.64. The molecule has 1 amide bonds. The standard InChI is InChI=1S/C17H19NO3/c19-16(13-7-4-10-18(11-13)17(20)21)15-9-3-6-12-5-1-2-8-14(12)15/h1-3,5-6,8-9,13,16,19H,4,7,10-11H2,(H,20,21)/t13?,16-/m0/s1. The van der Waals surface area contributed by atoms with Gasteiger partial charge in [0.15, 0.2) is 0 Å². The van der Waals surface area contributed by atoms with E-state index >= 15 is 0 Å². The van der Waals surface area contributed by atoms with E-state index in [1.807, 2.05) is 42.5 Å². The molecule has 3 rings (SSSR count). The number of hydrogen-bond acceptors (Lipinski definition) is 2. The fourth-order valence-electron chi connectivity index (χ4n) is 3.20. The highest BCUT2D eigenvalue weighted by Crippen LogP contribution is 2.33. The molecule has 0 spiro atoms. The number of carbonyl (C=O) groups is 1. The molecule has 1 unspecified atom stereocenters. The fraction of sp³-hybridized carbons (Fsp3) is 0.353. The fourth-order valence-corrected chi connectivity index (χ4v) is 3.20. The van der Waals surface area contributed by atoms with Gasteiger partial charge >= 0.3 is 6.09 Å². The molecule has 1 fully saturated rings. The first-order valence-electron chi connectivity index (χ1n) is 7.30. The quantitative estimate of drug-likeness (QED) is 0.890. The van der Waals surface area contributed by atoms with Crippen LogP contribution in [0.3, 0.4) is 0 Å². The van der Waals surface area contributed by atoms with Gasteiger partial charge in [-0.25, -0.2) is 4.79 Å². The number of carboxylic acid groups (broad SMARTS) is 1. The lowest BCUT2D eigenvalue weighted by Gasteiger charge is -2.33. The lowest BCUT2D eigenvalue weighted by Crippen LogP contribution is -2.40. The van der Waals surface area contributed by atoms with Crippen LogP contribution in [0.25, 0.3) is 10.8 Å². The molecule has 4 nitrogen and oxygen atoms in total. The van der Waals surface area contributed by atoms with E-state index in [0.717, 1.165) is 29.2 Å². The summed E-state index contributed by atoms with van der Waals surface area (Å²) < 4.78 is 0. The van der Waals surface area contributed by atoms with Gasteiger partial charge in [0.1, 0.15) is 0 Å². The molecule has 0 saturated carbocycles. The van der Waals surface area contributed by atoms with Crippen LogP contribution in [0.1, 0.15) is 24.5 Å². The van der Waals surface area contributed by atoms with Crippen molar-refractivity contribution in [3.8, 4) is 0 Å². The van der Waals surface area contributed by atoms with Gasteiger partial charge in [0.05, 0.1) is 6.10 Å². The molecule has 1 saturated heterocycles. The normalized spacial score (nSPS) is 20.4. The number of likely N-dealkylation sites (tertiary alicyclic amines) is 1. The Hall–Kier alpha value is -2.07. The average molecular weight is 285 g/mol. The molecule has 0 aromatic heterocycles. The van der Waals surface area contributed by atoms with Gasteiger partial charge in [-0.1, -0.05) is 42.5 Å². The summed E-state index contributed by atoms with van der Waals surface area (Å²) in [6.45, 7) is 0.966. The molecule has 2 atom stereocenters. The van der Waals surface area contributed by atoms with E-state index < -0.39 is 12.2 Å². The van der Waals surface area contributed by atoms with Crippen molar-refractivity contribution >= 4 is 16.9 Å². The van der Waals surface area contributed by atoms with E-state index in [1.165, 1.54) is 4.90 Å². The molecule has 2 aromatic rings. The number of hydrogen-bond donors (Lipinski definition) is 2. The Balaban J connectivity index is 1.90. The number of aliphatic hydroxyl groups is 1. The lowest BCUT2D eigenvalue weighted by atomic mass is 9.86. The minimum atomic E-state index is -0.898. The second-order valence-corrected chi connectivity index (χ2v) is 5.64. The number of aliphatic hydroxyl groups excluding tert-OH is 1. The van der Waals surface area contributed by atoms with Crippen molar-refractivity contribution < 1.29 is 15.0 Å². The summed E-state index contributed by atoms with van der Waals surface area (Å²) in [5, 5.41) is 22.0. The SMILES string of the molecule is O=C(O)N1CCCC([C@H](O)c2cccc3ccccc23)C1. The van der Waals surface area contributed by atoms with E-state index in [0.29, 0.717) is 13.1 Å². The number of fused-ring (bicyclic) bond motifs is 1. The van der Waals surface area contributed by atoms with E-state index in [9.17, 15) is 9.90 Å². The zero-order valence-electron chi connectivity index (χ0n) is 11.8. The molecule has 0 bridgehead atoms. The summed E-state index contributed by atoms with van der Waals surface area (Å²) in [4.78, 5) is 12.5. The molecular formula is C17H19NO3. The Morgan fingerprint density at radius 2 is 1.95 bits per heavy atom.